The number of rotatable bonds is 3. The van der Waals surface area contributed by atoms with Crippen LogP contribution >= 0.6 is 11.8 Å². The molecule has 0 saturated carbocycles. The highest BCUT2D eigenvalue weighted by Crippen LogP contribution is 2.34. The molecule has 2 saturated heterocycles. The number of carbonyl (C=O) groups excluding carboxylic acids is 1. The zero-order chi connectivity index (χ0) is 11.6. The summed E-state index contributed by atoms with van der Waals surface area (Å²) in [6.45, 7) is 5.62. The zero-order valence-electron chi connectivity index (χ0n) is 10.2. The van der Waals surface area contributed by atoms with Gasteiger partial charge in [-0.25, -0.2) is 0 Å². The van der Waals surface area contributed by atoms with Crippen LogP contribution in [0.25, 0.3) is 0 Å². The van der Waals surface area contributed by atoms with E-state index < -0.39 is 0 Å². The van der Waals surface area contributed by atoms with E-state index in [1.165, 1.54) is 17.9 Å². The molecule has 92 valence electrons. The van der Waals surface area contributed by atoms with Crippen LogP contribution in [-0.2, 0) is 4.79 Å². The number of carbonyl (C=O) groups is 1. The lowest BCUT2D eigenvalue weighted by molar-refractivity contribution is -0.119. The Morgan fingerprint density at radius 3 is 3.00 bits per heavy atom. The fourth-order valence-electron chi connectivity index (χ4n) is 2.39. The van der Waals surface area contributed by atoms with Crippen LogP contribution in [-0.4, -0.2) is 36.0 Å². The van der Waals surface area contributed by atoms with E-state index in [0.29, 0.717) is 23.9 Å². The van der Waals surface area contributed by atoms with Crippen LogP contribution in [0.15, 0.2) is 0 Å². The quantitative estimate of drug-likeness (QED) is 0.786. The minimum atomic E-state index is 0.212. The second-order valence-corrected chi connectivity index (χ2v) is 6.73. The Kier molecular flexibility index (Phi) is 3.80. The van der Waals surface area contributed by atoms with E-state index >= 15 is 0 Å². The summed E-state index contributed by atoms with van der Waals surface area (Å²) in [5, 5.41) is 6.65. The Balaban J connectivity index is 1.78. The summed E-state index contributed by atoms with van der Waals surface area (Å²) in [4.78, 5) is 11.1. The van der Waals surface area contributed by atoms with Crippen LogP contribution in [0.4, 0.5) is 0 Å². The van der Waals surface area contributed by atoms with Gasteiger partial charge in [0.2, 0.25) is 5.91 Å². The molecule has 3 nitrogen and oxygen atoms in total. The van der Waals surface area contributed by atoms with E-state index in [0.717, 1.165) is 13.0 Å². The molecular weight excluding hydrogens is 220 g/mol. The molecular formula is C12H22N2OS. The van der Waals surface area contributed by atoms with Gasteiger partial charge in [-0.1, -0.05) is 13.8 Å². The molecule has 2 aliphatic rings. The molecule has 2 heterocycles. The molecule has 2 fully saturated rings. The van der Waals surface area contributed by atoms with Crippen molar-refractivity contribution in [2.75, 3.05) is 18.1 Å². The Hall–Kier alpha value is -0.220. The first-order chi connectivity index (χ1) is 7.58. The van der Waals surface area contributed by atoms with Gasteiger partial charge in [-0.3, -0.25) is 4.79 Å². The second-order valence-electron chi connectivity index (χ2n) is 5.58. The van der Waals surface area contributed by atoms with Gasteiger partial charge in [0.1, 0.15) is 0 Å². The highest BCUT2D eigenvalue weighted by Gasteiger charge is 2.33. The molecule has 0 aromatic rings. The number of hydrogen-bond donors (Lipinski definition) is 2. The maximum absolute atomic E-state index is 11.1. The predicted octanol–water partition coefficient (Wildman–Crippen LogP) is 1.39. The summed E-state index contributed by atoms with van der Waals surface area (Å²) in [5.74, 6) is 2.70. The molecule has 0 spiro atoms. The highest BCUT2D eigenvalue weighted by atomic mass is 32.2. The normalized spacial score (nSPS) is 33.8. The number of nitrogens with one attached hydrogen (secondary N) is 2. The van der Waals surface area contributed by atoms with Crippen LogP contribution in [0.1, 0.15) is 33.1 Å². The molecule has 0 aromatic carbocycles. The first-order valence-corrected chi connectivity index (χ1v) is 7.34. The third-order valence-corrected chi connectivity index (χ3v) is 4.88. The van der Waals surface area contributed by atoms with Crippen molar-refractivity contribution in [2.24, 2.45) is 5.41 Å². The molecule has 0 aromatic heterocycles. The minimum absolute atomic E-state index is 0.212. The van der Waals surface area contributed by atoms with Crippen LogP contribution in [0.5, 0.6) is 0 Å². The van der Waals surface area contributed by atoms with E-state index in [1.54, 1.807) is 0 Å². The molecule has 0 aliphatic carbocycles. The molecule has 16 heavy (non-hydrogen) atoms. The first kappa shape index (κ1) is 12.2. The van der Waals surface area contributed by atoms with E-state index in [4.69, 9.17) is 0 Å². The number of amides is 1. The third-order valence-electron chi connectivity index (χ3n) is 3.81. The predicted molar refractivity (Wildman–Crippen MR) is 68.7 cm³/mol. The van der Waals surface area contributed by atoms with Gasteiger partial charge in [-0.15, -0.1) is 0 Å². The van der Waals surface area contributed by atoms with E-state index in [1.807, 2.05) is 11.8 Å². The van der Waals surface area contributed by atoms with Crippen molar-refractivity contribution in [3.05, 3.63) is 0 Å². The number of hydrogen-bond acceptors (Lipinski definition) is 3. The molecule has 0 radical (unpaired) electrons. The van der Waals surface area contributed by atoms with E-state index in [9.17, 15) is 4.79 Å². The Labute approximate surface area is 102 Å². The van der Waals surface area contributed by atoms with Crippen molar-refractivity contribution in [2.45, 2.75) is 45.2 Å². The minimum Gasteiger partial charge on any atom is -0.352 e. The van der Waals surface area contributed by atoms with Gasteiger partial charge in [0.25, 0.3) is 0 Å². The van der Waals surface area contributed by atoms with Crippen LogP contribution in [0.3, 0.4) is 0 Å². The highest BCUT2D eigenvalue weighted by molar-refractivity contribution is 7.99. The van der Waals surface area contributed by atoms with Crippen molar-refractivity contribution in [3.63, 3.8) is 0 Å². The topological polar surface area (TPSA) is 41.1 Å². The summed E-state index contributed by atoms with van der Waals surface area (Å²) >= 11 is 2.04. The van der Waals surface area contributed by atoms with Crippen LogP contribution in [0, 0.1) is 5.41 Å². The fraction of sp³-hybridized carbons (Fsp3) is 0.917. The zero-order valence-corrected chi connectivity index (χ0v) is 11.0. The van der Waals surface area contributed by atoms with Crippen molar-refractivity contribution in [1.82, 2.24) is 10.6 Å². The summed E-state index contributed by atoms with van der Waals surface area (Å²) < 4.78 is 0. The molecule has 2 atom stereocenters. The molecule has 4 heteroatoms. The second kappa shape index (κ2) is 4.96. The standard InChI is InChI=1S/C12H22N2OS/c1-12(2)5-6-16-8-10(12)13-7-9-3-4-11(15)14-9/h9-10,13H,3-8H2,1-2H3,(H,14,15). The Morgan fingerprint density at radius 2 is 2.38 bits per heavy atom. The largest absolute Gasteiger partial charge is 0.352 e. The average molecular weight is 242 g/mol. The first-order valence-electron chi connectivity index (χ1n) is 6.18. The summed E-state index contributed by atoms with van der Waals surface area (Å²) in [6, 6.07) is 0.943. The van der Waals surface area contributed by atoms with Gasteiger partial charge in [-0.05, 0) is 24.0 Å². The molecule has 1 amide bonds. The van der Waals surface area contributed by atoms with Gasteiger partial charge in [0.05, 0.1) is 0 Å². The van der Waals surface area contributed by atoms with Gasteiger partial charge in [0.15, 0.2) is 0 Å². The van der Waals surface area contributed by atoms with Crippen molar-refractivity contribution < 1.29 is 4.79 Å². The molecule has 2 aliphatic heterocycles. The van der Waals surface area contributed by atoms with E-state index in [-0.39, 0.29) is 5.91 Å². The van der Waals surface area contributed by atoms with Crippen molar-refractivity contribution >= 4 is 17.7 Å². The van der Waals surface area contributed by atoms with Gasteiger partial charge < -0.3 is 10.6 Å². The van der Waals surface area contributed by atoms with Gasteiger partial charge in [0, 0.05) is 30.8 Å². The van der Waals surface area contributed by atoms with Crippen LogP contribution < -0.4 is 10.6 Å². The SMILES string of the molecule is CC1(C)CCSCC1NCC1CCC(=O)N1. The summed E-state index contributed by atoms with van der Waals surface area (Å²) in [5.41, 5.74) is 0.397. The van der Waals surface area contributed by atoms with Gasteiger partial charge >= 0.3 is 0 Å². The smallest absolute Gasteiger partial charge is 0.220 e. The molecule has 2 rings (SSSR count). The third kappa shape index (κ3) is 2.92. The maximum Gasteiger partial charge on any atom is 0.220 e. The number of thioether (sulfide) groups is 1. The van der Waals surface area contributed by atoms with Gasteiger partial charge in [-0.2, -0.15) is 11.8 Å². The van der Waals surface area contributed by atoms with Crippen molar-refractivity contribution in [1.29, 1.82) is 0 Å². The van der Waals surface area contributed by atoms with E-state index in [2.05, 4.69) is 24.5 Å². The summed E-state index contributed by atoms with van der Waals surface area (Å²) in [6.07, 6.45) is 2.98. The maximum atomic E-state index is 11.1. The Bertz CT molecular complexity index is 268. The monoisotopic (exact) mass is 242 g/mol. The average Bonchev–Trinajstić information content (AvgIpc) is 2.62. The lowest BCUT2D eigenvalue weighted by Crippen LogP contribution is -2.50. The lowest BCUT2D eigenvalue weighted by Gasteiger charge is -2.39. The summed E-state index contributed by atoms with van der Waals surface area (Å²) in [7, 11) is 0. The Morgan fingerprint density at radius 1 is 1.56 bits per heavy atom. The van der Waals surface area contributed by atoms with Crippen LogP contribution in [0.2, 0.25) is 0 Å². The molecule has 2 unspecified atom stereocenters. The molecule has 0 bridgehead atoms. The lowest BCUT2D eigenvalue weighted by atomic mass is 9.82. The van der Waals surface area contributed by atoms with Crippen molar-refractivity contribution in [3.8, 4) is 0 Å². The molecule has 2 N–H and O–H groups in total. The fourth-order valence-corrected chi connectivity index (χ4v) is 4.03.